The van der Waals surface area contributed by atoms with E-state index in [4.69, 9.17) is 11.6 Å². The lowest BCUT2D eigenvalue weighted by atomic mass is 10.2. The van der Waals surface area contributed by atoms with Gasteiger partial charge in [-0.1, -0.05) is 34.7 Å². The van der Waals surface area contributed by atoms with Crippen LogP contribution in [0.4, 0.5) is 10.8 Å². The summed E-state index contributed by atoms with van der Waals surface area (Å²) in [6.45, 7) is 0. The van der Waals surface area contributed by atoms with Crippen molar-refractivity contribution in [3.63, 3.8) is 0 Å². The van der Waals surface area contributed by atoms with Crippen molar-refractivity contribution in [3.05, 3.63) is 28.8 Å². The molecule has 0 spiro atoms. The summed E-state index contributed by atoms with van der Waals surface area (Å²) in [5.41, 5.74) is 0.484. The molecule has 0 unspecified atom stereocenters. The van der Waals surface area contributed by atoms with Gasteiger partial charge in [0, 0.05) is 7.05 Å². The number of halogens is 1. The molecule has 2 aromatic rings. The summed E-state index contributed by atoms with van der Waals surface area (Å²) in [6, 6.07) is 4.28. The fraction of sp³-hybridized carbons (Fsp3) is 0.286. The molecule has 0 aliphatic carbocycles. The van der Waals surface area contributed by atoms with Gasteiger partial charge in [-0.2, -0.15) is 0 Å². The number of carbonyl (C=O) groups excluding carboxylic acids is 2. The first-order valence-electron chi connectivity index (χ1n) is 7.19. The summed E-state index contributed by atoms with van der Waals surface area (Å²) in [5.74, 6) is -0.832. The minimum atomic E-state index is -3.44. The van der Waals surface area contributed by atoms with Crippen LogP contribution in [0.5, 0.6) is 0 Å². The molecule has 1 amide bonds. The number of methoxy groups -OCH3 is 1. The van der Waals surface area contributed by atoms with Crippen molar-refractivity contribution in [1.29, 1.82) is 0 Å². The van der Waals surface area contributed by atoms with Crippen molar-refractivity contribution >= 4 is 67.4 Å². The monoisotopic (exact) mass is 450 g/mol. The van der Waals surface area contributed by atoms with Gasteiger partial charge in [0.25, 0.3) is 5.91 Å². The predicted molar refractivity (Wildman–Crippen MR) is 105 cm³/mol. The number of hydrogen-bond acceptors (Lipinski definition) is 9. The van der Waals surface area contributed by atoms with E-state index in [1.165, 1.54) is 32.4 Å². The quantitative estimate of drug-likeness (QED) is 0.387. The molecule has 146 valence electrons. The second-order valence-corrected chi connectivity index (χ2v) is 9.71. The molecule has 27 heavy (non-hydrogen) atoms. The van der Waals surface area contributed by atoms with Crippen LogP contribution >= 0.6 is 34.7 Å². The van der Waals surface area contributed by atoms with Crippen LogP contribution in [0.3, 0.4) is 0 Å². The second kappa shape index (κ2) is 8.87. The third-order valence-electron chi connectivity index (χ3n) is 3.23. The normalized spacial score (nSPS) is 11.1. The molecule has 9 nitrogen and oxygen atoms in total. The molecule has 1 heterocycles. The Balaban J connectivity index is 2.08. The summed E-state index contributed by atoms with van der Waals surface area (Å²) in [4.78, 5) is 23.5. The third kappa shape index (κ3) is 5.79. The lowest BCUT2D eigenvalue weighted by Crippen LogP contribution is -2.25. The highest BCUT2D eigenvalue weighted by molar-refractivity contribution is 8.01. The lowest BCUT2D eigenvalue weighted by molar-refractivity contribution is -0.137. The Morgan fingerprint density at radius 1 is 1.37 bits per heavy atom. The summed E-state index contributed by atoms with van der Waals surface area (Å²) >= 11 is 8.35. The number of sulfonamides is 1. The van der Waals surface area contributed by atoms with E-state index in [2.05, 4.69) is 20.3 Å². The number of nitrogens with one attached hydrogen (secondary N) is 1. The van der Waals surface area contributed by atoms with Crippen LogP contribution in [0.2, 0.25) is 5.02 Å². The molecule has 13 heteroatoms. The smallest absolute Gasteiger partial charge is 0.316 e. The Hall–Kier alpha value is -1.89. The maximum atomic E-state index is 12.4. The Labute approximate surface area is 169 Å². The zero-order chi connectivity index (χ0) is 20.2. The fourth-order valence-corrected chi connectivity index (χ4v) is 4.07. The molecule has 0 saturated heterocycles. The molecular weight excluding hydrogens is 436 g/mol. The molecule has 0 aliphatic rings. The molecule has 1 aromatic carbocycles. The van der Waals surface area contributed by atoms with Gasteiger partial charge in [-0.3, -0.25) is 19.2 Å². The zero-order valence-corrected chi connectivity index (χ0v) is 17.6. The number of thioether (sulfide) groups is 1. The number of anilines is 2. The maximum absolute atomic E-state index is 12.4. The van der Waals surface area contributed by atoms with Gasteiger partial charge in [-0.25, -0.2) is 8.42 Å². The number of ether oxygens (including phenoxy) is 1. The van der Waals surface area contributed by atoms with Crippen LogP contribution in [0.15, 0.2) is 22.5 Å². The van der Waals surface area contributed by atoms with Gasteiger partial charge in [0.2, 0.25) is 15.2 Å². The number of esters is 1. The number of aromatic nitrogens is 2. The van der Waals surface area contributed by atoms with Crippen molar-refractivity contribution < 1.29 is 22.7 Å². The highest BCUT2D eigenvalue weighted by atomic mass is 35.5. The van der Waals surface area contributed by atoms with Gasteiger partial charge in [-0.05, 0) is 18.2 Å². The molecule has 2 rings (SSSR count). The molecule has 0 aliphatic heterocycles. The minimum absolute atomic E-state index is 0.0836. The Morgan fingerprint density at radius 2 is 2.07 bits per heavy atom. The first-order valence-corrected chi connectivity index (χ1v) is 11.2. The van der Waals surface area contributed by atoms with E-state index in [0.29, 0.717) is 10.0 Å². The summed E-state index contributed by atoms with van der Waals surface area (Å²) in [5, 5.41) is 10.6. The number of amides is 1. The molecule has 1 N–H and O–H groups in total. The van der Waals surface area contributed by atoms with E-state index in [-0.39, 0.29) is 21.5 Å². The van der Waals surface area contributed by atoms with E-state index < -0.39 is 21.9 Å². The van der Waals surface area contributed by atoms with Gasteiger partial charge in [-0.15, -0.1) is 10.2 Å². The minimum Gasteiger partial charge on any atom is -0.468 e. The number of carbonyl (C=O) groups is 2. The van der Waals surface area contributed by atoms with Crippen LogP contribution in [-0.2, 0) is 19.6 Å². The predicted octanol–water partition coefficient (Wildman–Crippen LogP) is 2.10. The van der Waals surface area contributed by atoms with Crippen LogP contribution in [0, 0.1) is 0 Å². The molecule has 0 bridgehead atoms. The van der Waals surface area contributed by atoms with E-state index >= 15 is 0 Å². The average molecular weight is 451 g/mol. The van der Waals surface area contributed by atoms with Crippen LogP contribution in [-0.4, -0.2) is 56.7 Å². The van der Waals surface area contributed by atoms with Gasteiger partial charge in [0.15, 0.2) is 4.34 Å². The van der Waals surface area contributed by atoms with Gasteiger partial charge in [0.1, 0.15) is 0 Å². The summed E-state index contributed by atoms with van der Waals surface area (Å²) in [6.07, 6.45) is 1.06. The average Bonchev–Trinajstić information content (AvgIpc) is 3.05. The lowest BCUT2D eigenvalue weighted by Gasteiger charge is -2.17. The number of benzene rings is 1. The van der Waals surface area contributed by atoms with Crippen molar-refractivity contribution in [2.75, 3.05) is 35.8 Å². The Bertz CT molecular complexity index is 963. The summed E-state index contributed by atoms with van der Waals surface area (Å²) < 4.78 is 29.2. The van der Waals surface area contributed by atoms with E-state index in [0.717, 1.165) is 33.7 Å². The molecule has 0 atom stereocenters. The molecule has 0 fully saturated rings. The van der Waals surface area contributed by atoms with Crippen molar-refractivity contribution in [3.8, 4) is 0 Å². The van der Waals surface area contributed by atoms with Gasteiger partial charge >= 0.3 is 5.97 Å². The van der Waals surface area contributed by atoms with Crippen LogP contribution in [0.1, 0.15) is 10.4 Å². The van der Waals surface area contributed by atoms with E-state index in [9.17, 15) is 18.0 Å². The Kier molecular flexibility index (Phi) is 7.03. The summed E-state index contributed by atoms with van der Waals surface area (Å²) in [7, 11) is -0.769. The van der Waals surface area contributed by atoms with Crippen molar-refractivity contribution in [1.82, 2.24) is 10.2 Å². The molecule has 0 saturated carbocycles. The Morgan fingerprint density at radius 3 is 2.67 bits per heavy atom. The standard InChI is InChI=1S/C14H15ClN4O5S3/c1-19(27(3,22)23)8-4-5-9(10(15)6-8)12(21)16-13-17-18-14(26-13)25-7-11(20)24-2/h4-6H,7H2,1-3H3,(H,16,17,21). The van der Waals surface area contributed by atoms with Gasteiger partial charge < -0.3 is 4.74 Å². The maximum Gasteiger partial charge on any atom is 0.316 e. The zero-order valence-electron chi connectivity index (χ0n) is 14.4. The fourth-order valence-electron chi connectivity index (χ4n) is 1.74. The largest absolute Gasteiger partial charge is 0.468 e. The third-order valence-corrected chi connectivity index (χ3v) is 6.69. The second-order valence-electron chi connectivity index (χ2n) is 5.09. The van der Waals surface area contributed by atoms with Crippen molar-refractivity contribution in [2.45, 2.75) is 4.34 Å². The highest BCUT2D eigenvalue weighted by Crippen LogP contribution is 2.28. The van der Waals surface area contributed by atoms with Crippen LogP contribution < -0.4 is 9.62 Å². The van der Waals surface area contributed by atoms with Crippen molar-refractivity contribution in [2.24, 2.45) is 0 Å². The topological polar surface area (TPSA) is 119 Å². The van der Waals surface area contributed by atoms with Gasteiger partial charge in [0.05, 0.1) is 35.4 Å². The molecular formula is C14H15ClN4O5S3. The number of rotatable bonds is 7. The number of nitrogens with zero attached hydrogens (tertiary/aromatic N) is 3. The highest BCUT2D eigenvalue weighted by Gasteiger charge is 2.17. The SMILES string of the molecule is COC(=O)CSc1nnc(NC(=O)c2ccc(N(C)S(C)(=O)=O)cc2Cl)s1. The van der Waals surface area contributed by atoms with E-state index in [1.807, 2.05) is 0 Å². The van der Waals surface area contributed by atoms with E-state index in [1.54, 1.807) is 0 Å². The first kappa shape index (κ1) is 21.4. The molecule has 0 radical (unpaired) electrons. The molecule has 1 aromatic heterocycles. The van der Waals surface area contributed by atoms with Crippen LogP contribution in [0.25, 0.3) is 0 Å². The number of hydrogen-bond donors (Lipinski definition) is 1. The first-order chi connectivity index (χ1) is 12.6.